The lowest BCUT2D eigenvalue weighted by Crippen LogP contribution is -2.30. The van der Waals surface area contributed by atoms with Gasteiger partial charge >= 0.3 is 0 Å². The molecular weight excluding hydrogens is 287 g/mol. The first kappa shape index (κ1) is 10.4. The molecule has 0 saturated carbocycles. The van der Waals surface area contributed by atoms with Crippen LogP contribution in [0.5, 0.6) is 0 Å². The summed E-state index contributed by atoms with van der Waals surface area (Å²) in [6.45, 7) is 2.36. The third-order valence-electron chi connectivity index (χ3n) is 1.97. The molecule has 1 saturated heterocycles. The Balaban J connectivity index is 2.75. The molecule has 1 rings (SSSR count). The van der Waals surface area contributed by atoms with Crippen LogP contribution in [-0.4, -0.2) is 36.5 Å². The summed E-state index contributed by atoms with van der Waals surface area (Å²) in [5.41, 5.74) is -0.362. The third-order valence-corrected chi connectivity index (χ3v) is 5.25. The standard InChI is InChI=1S/C6H10BINO2P/c1-2-9-5(10)3-4(6(9)11)12(7)8/h4H,2-3,7H2,1H3. The first-order chi connectivity index (χ1) is 5.57. The summed E-state index contributed by atoms with van der Waals surface area (Å²) in [6.07, 6.45) is 0.428. The van der Waals surface area contributed by atoms with E-state index in [1.54, 1.807) is 0 Å². The fraction of sp³-hybridized carbons (Fsp3) is 0.667. The van der Waals surface area contributed by atoms with Crippen molar-refractivity contribution in [1.29, 1.82) is 0 Å². The number of carbonyl (C=O) groups excluding carboxylic acids is 2. The van der Waals surface area contributed by atoms with Crippen molar-refractivity contribution >= 4 is 46.9 Å². The topological polar surface area (TPSA) is 37.4 Å². The summed E-state index contributed by atoms with van der Waals surface area (Å²) < 4.78 is 0. The summed E-state index contributed by atoms with van der Waals surface area (Å²) in [6, 6.07) is 0. The number of carbonyl (C=O) groups is 2. The molecule has 0 spiro atoms. The monoisotopic (exact) mass is 297 g/mol. The average molecular weight is 297 g/mol. The highest BCUT2D eigenvalue weighted by Crippen LogP contribution is 2.49. The van der Waals surface area contributed by atoms with Crippen LogP contribution in [0.2, 0.25) is 0 Å². The Hall–Kier alpha value is 0.365. The summed E-state index contributed by atoms with van der Waals surface area (Å²) in [5.74, 6) is 0.0315. The van der Waals surface area contributed by atoms with Crippen LogP contribution in [0.15, 0.2) is 0 Å². The molecule has 3 nitrogen and oxygen atoms in total. The lowest BCUT2D eigenvalue weighted by Gasteiger charge is -2.13. The second-order valence-electron chi connectivity index (χ2n) is 2.72. The zero-order valence-corrected chi connectivity index (χ0v) is 10.1. The highest BCUT2D eigenvalue weighted by Gasteiger charge is 2.39. The van der Waals surface area contributed by atoms with Crippen molar-refractivity contribution in [1.82, 2.24) is 4.90 Å². The maximum atomic E-state index is 11.5. The molecule has 2 atom stereocenters. The highest BCUT2D eigenvalue weighted by atomic mass is 127. The number of imide groups is 1. The molecule has 0 aromatic heterocycles. The minimum atomic E-state index is -0.342. The van der Waals surface area contributed by atoms with Gasteiger partial charge in [0.1, 0.15) is 7.57 Å². The smallest absolute Gasteiger partial charge is 0.237 e. The number of halogens is 1. The van der Waals surface area contributed by atoms with Gasteiger partial charge in [0.2, 0.25) is 11.8 Å². The number of rotatable bonds is 2. The van der Waals surface area contributed by atoms with Crippen molar-refractivity contribution in [3.8, 4) is 0 Å². The Morgan fingerprint density at radius 3 is 2.58 bits per heavy atom. The molecule has 0 aromatic carbocycles. The van der Waals surface area contributed by atoms with Crippen LogP contribution in [0.25, 0.3) is 0 Å². The van der Waals surface area contributed by atoms with Crippen LogP contribution < -0.4 is 0 Å². The van der Waals surface area contributed by atoms with E-state index in [4.69, 9.17) is 0 Å². The Bertz CT molecular complexity index is 224. The SMILES string of the molecule is BP(I)C1CC(=O)N(CC)C1=O. The molecule has 0 N–H and O–H groups in total. The van der Waals surface area contributed by atoms with Gasteiger partial charge in [-0.25, -0.2) is 0 Å². The van der Waals surface area contributed by atoms with Crippen molar-refractivity contribution in [2.24, 2.45) is 0 Å². The molecule has 0 aliphatic carbocycles. The van der Waals surface area contributed by atoms with Gasteiger partial charge in [0, 0.05) is 13.0 Å². The zero-order valence-electron chi connectivity index (χ0n) is 7.08. The number of nitrogens with zero attached hydrogens (tertiary/aromatic N) is 1. The van der Waals surface area contributed by atoms with Crippen molar-refractivity contribution in [3.63, 3.8) is 0 Å². The molecule has 1 aliphatic rings. The lowest BCUT2D eigenvalue weighted by molar-refractivity contribution is -0.137. The predicted molar refractivity (Wildman–Crippen MR) is 60.3 cm³/mol. The van der Waals surface area contributed by atoms with Gasteiger partial charge in [-0.05, 0) is 6.92 Å². The second-order valence-corrected chi connectivity index (χ2v) is 8.96. The molecule has 6 heteroatoms. The van der Waals surface area contributed by atoms with Crippen LogP contribution in [0, 0.1) is 0 Å². The molecule has 0 aromatic rings. The van der Waals surface area contributed by atoms with Crippen molar-refractivity contribution in [2.45, 2.75) is 19.0 Å². The van der Waals surface area contributed by atoms with E-state index < -0.39 is 0 Å². The first-order valence-corrected chi connectivity index (χ1v) is 8.45. The fourth-order valence-corrected chi connectivity index (χ4v) is 3.43. The number of hydrogen-bond acceptors (Lipinski definition) is 2. The minimum absolute atomic E-state index is 0.00137. The molecule has 2 unspecified atom stereocenters. The first-order valence-electron chi connectivity index (χ1n) is 3.80. The van der Waals surface area contributed by atoms with Crippen LogP contribution in [0.3, 0.4) is 0 Å². The van der Waals surface area contributed by atoms with Gasteiger partial charge in [-0.3, -0.25) is 14.5 Å². The Morgan fingerprint density at radius 2 is 2.33 bits per heavy atom. The Morgan fingerprint density at radius 1 is 1.75 bits per heavy atom. The summed E-state index contributed by atoms with van der Waals surface area (Å²) in [5, 5.41) is 0. The Labute approximate surface area is 86.9 Å². The zero-order chi connectivity index (χ0) is 9.30. The van der Waals surface area contributed by atoms with Crippen molar-refractivity contribution in [2.75, 3.05) is 6.54 Å². The Kier molecular flexibility index (Phi) is 3.52. The van der Waals surface area contributed by atoms with E-state index >= 15 is 0 Å². The summed E-state index contributed by atoms with van der Waals surface area (Å²) in [7, 11) is 2.03. The molecule has 2 amide bonds. The predicted octanol–water partition coefficient (Wildman–Crippen LogP) is 0.514. The summed E-state index contributed by atoms with van der Waals surface area (Å²) >= 11 is 2.26. The third kappa shape index (κ3) is 1.82. The van der Waals surface area contributed by atoms with Gasteiger partial charge in [-0.1, -0.05) is 27.5 Å². The number of hydrogen-bond donors (Lipinski definition) is 0. The molecular formula is C6H10BINO2P. The van der Waals surface area contributed by atoms with E-state index in [1.807, 2.05) is 14.5 Å². The number of amides is 2. The second kappa shape index (κ2) is 4.05. The van der Waals surface area contributed by atoms with Crippen LogP contribution >= 0.6 is 27.5 Å². The molecule has 1 heterocycles. The number of likely N-dealkylation sites (tertiary alicyclic amines) is 1. The molecule has 12 heavy (non-hydrogen) atoms. The van der Waals surface area contributed by atoms with Gasteiger partial charge in [-0.15, -0.1) is 0 Å². The van der Waals surface area contributed by atoms with Gasteiger partial charge in [0.15, 0.2) is 0 Å². The van der Waals surface area contributed by atoms with E-state index in [0.717, 1.165) is 0 Å². The maximum Gasteiger partial charge on any atom is 0.237 e. The van der Waals surface area contributed by atoms with Crippen LogP contribution in [-0.2, 0) is 9.59 Å². The highest BCUT2D eigenvalue weighted by molar-refractivity contribution is 14.2. The molecule has 1 fully saturated rings. The van der Waals surface area contributed by atoms with E-state index in [9.17, 15) is 9.59 Å². The van der Waals surface area contributed by atoms with Gasteiger partial charge in [0.25, 0.3) is 0 Å². The van der Waals surface area contributed by atoms with Gasteiger partial charge < -0.3 is 0 Å². The maximum absolute atomic E-state index is 11.5. The van der Waals surface area contributed by atoms with Crippen LogP contribution in [0.1, 0.15) is 13.3 Å². The average Bonchev–Trinajstić information content (AvgIpc) is 2.27. The largest absolute Gasteiger partial charge is 0.282 e. The molecule has 1 aliphatic heterocycles. The lowest BCUT2D eigenvalue weighted by atomic mass is 10.3. The normalized spacial score (nSPS) is 26.5. The van der Waals surface area contributed by atoms with Crippen LogP contribution in [0.4, 0.5) is 0 Å². The molecule has 0 bridgehead atoms. The summed E-state index contributed by atoms with van der Waals surface area (Å²) in [4.78, 5) is 24.1. The van der Waals surface area contributed by atoms with E-state index in [0.29, 0.717) is 13.0 Å². The van der Waals surface area contributed by atoms with E-state index in [-0.39, 0.29) is 22.9 Å². The van der Waals surface area contributed by atoms with E-state index in [2.05, 4.69) is 22.0 Å². The van der Waals surface area contributed by atoms with Gasteiger partial charge in [0.05, 0.1) is 5.66 Å². The van der Waals surface area contributed by atoms with Crippen molar-refractivity contribution < 1.29 is 9.59 Å². The fourth-order valence-electron chi connectivity index (χ4n) is 1.28. The van der Waals surface area contributed by atoms with Gasteiger partial charge in [-0.2, -0.15) is 0 Å². The van der Waals surface area contributed by atoms with E-state index in [1.165, 1.54) is 4.90 Å². The minimum Gasteiger partial charge on any atom is -0.282 e. The van der Waals surface area contributed by atoms with Crippen molar-refractivity contribution in [3.05, 3.63) is 0 Å². The quantitative estimate of drug-likeness (QED) is 0.322. The molecule has 66 valence electrons. The molecule has 0 radical (unpaired) electrons.